The Morgan fingerprint density at radius 1 is 0.923 bits per heavy atom. The number of phenols is 1. The van der Waals surface area contributed by atoms with Crippen molar-refractivity contribution in [3.05, 3.63) is 60.2 Å². The number of hydrogen-bond donors (Lipinski definition) is 1. The van der Waals surface area contributed by atoms with E-state index < -0.39 is 20.8 Å². The normalized spacial score (nSPS) is 11.3. The minimum atomic E-state index is -0.826. The monoisotopic (exact) mass is 465 g/mol. The van der Waals surface area contributed by atoms with Crippen LogP contribution in [0.3, 0.4) is 0 Å². The number of fused-ring (bicyclic) bond motifs is 1. The number of para-hydroxylation sites is 2. The van der Waals surface area contributed by atoms with Crippen LogP contribution in [0.2, 0.25) is 0 Å². The average molecular weight is 468 g/mol. The molecule has 134 valence electrons. The molecule has 0 aliphatic heterocycles. The van der Waals surface area contributed by atoms with Gasteiger partial charge in [0.15, 0.2) is 5.82 Å². The zero-order valence-corrected chi connectivity index (χ0v) is 18.7. The van der Waals surface area contributed by atoms with Crippen molar-refractivity contribution >= 4 is 39.4 Å². The van der Waals surface area contributed by atoms with Crippen LogP contribution < -0.4 is 0 Å². The summed E-state index contributed by atoms with van der Waals surface area (Å²) in [6, 6.07) is 17.2. The van der Waals surface area contributed by atoms with Gasteiger partial charge in [0.25, 0.3) is 0 Å². The molecular formula is C19H19Cl2N3OZr. The van der Waals surface area contributed by atoms with Crippen LogP contribution in [0.5, 0.6) is 5.75 Å². The molecule has 1 N–H and O–H groups in total. The Kier molecular flexibility index (Phi) is 7.75. The van der Waals surface area contributed by atoms with E-state index in [-0.39, 0.29) is 11.2 Å². The second kappa shape index (κ2) is 9.59. The molecule has 0 fully saturated rings. The molecule has 26 heavy (non-hydrogen) atoms. The first-order chi connectivity index (χ1) is 12.4. The molecule has 7 heteroatoms. The van der Waals surface area contributed by atoms with E-state index >= 15 is 0 Å². The molecule has 0 saturated carbocycles. The SMILES string of the molecule is CC(C)(C)c1cccc(N=Nc2ccc3ccccc3n2)c1O.[Cl][Zr][Cl]. The second-order valence-electron chi connectivity index (χ2n) is 6.56. The molecule has 0 spiro atoms. The summed E-state index contributed by atoms with van der Waals surface area (Å²) in [4.78, 5) is 4.45. The molecule has 3 aromatic rings. The van der Waals surface area contributed by atoms with Crippen molar-refractivity contribution in [2.24, 2.45) is 10.2 Å². The summed E-state index contributed by atoms with van der Waals surface area (Å²) in [6.07, 6.45) is 0. The number of phenolic OH excluding ortho intramolecular Hbond substituents is 1. The molecule has 0 aliphatic rings. The van der Waals surface area contributed by atoms with Gasteiger partial charge in [-0.3, -0.25) is 0 Å². The van der Waals surface area contributed by atoms with Gasteiger partial charge in [0.2, 0.25) is 0 Å². The van der Waals surface area contributed by atoms with Gasteiger partial charge in [0.05, 0.1) is 5.52 Å². The predicted molar refractivity (Wildman–Crippen MR) is 104 cm³/mol. The summed E-state index contributed by atoms with van der Waals surface area (Å²) in [5.74, 6) is 0.689. The number of halogens is 2. The van der Waals surface area contributed by atoms with Crippen LogP contribution in [0.4, 0.5) is 11.5 Å². The molecule has 0 atom stereocenters. The standard InChI is InChI=1S/C19H19N3O.2ClH.Zr/c1-19(2,3)14-8-6-10-16(18(14)23)21-22-17-12-11-13-7-4-5-9-15(13)20-17;;;/h4-12,23H,1-3H3;2*1H;/q;;;+2/p-2. The maximum atomic E-state index is 10.4. The first kappa shape index (κ1) is 21.0. The van der Waals surface area contributed by atoms with Crippen molar-refractivity contribution in [1.29, 1.82) is 0 Å². The Bertz CT molecular complexity index is 911. The Hall–Kier alpha value is -1.29. The number of hydrogen-bond acceptors (Lipinski definition) is 4. The summed E-state index contributed by atoms with van der Waals surface area (Å²) in [5.41, 5.74) is 2.01. The molecule has 2 aromatic carbocycles. The molecule has 4 nitrogen and oxygen atoms in total. The summed E-state index contributed by atoms with van der Waals surface area (Å²) < 4.78 is 0. The van der Waals surface area contributed by atoms with E-state index in [0.717, 1.165) is 16.5 Å². The molecular weight excluding hydrogens is 448 g/mol. The van der Waals surface area contributed by atoms with Crippen LogP contribution in [-0.4, -0.2) is 10.1 Å². The third-order valence-corrected chi connectivity index (χ3v) is 3.67. The number of pyridine rings is 1. The number of aromatic hydroxyl groups is 1. The van der Waals surface area contributed by atoms with Crippen LogP contribution >= 0.6 is 17.0 Å². The Morgan fingerprint density at radius 2 is 1.62 bits per heavy atom. The van der Waals surface area contributed by atoms with Gasteiger partial charge >= 0.3 is 37.9 Å². The molecule has 0 aliphatic carbocycles. The fourth-order valence-corrected chi connectivity index (χ4v) is 2.43. The summed E-state index contributed by atoms with van der Waals surface area (Å²) in [5, 5.41) is 19.8. The van der Waals surface area contributed by atoms with E-state index in [2.05, 4.69) is 15.2 Å². The van der Waals surface area contributed by atoms with E-state index in [1.54, 1.807) is 6.07 Å². The zero-order chi connectivity index (χ0) is 19.2. The van der Waals surface area contributed by atoms with E-state index in [4.69, 9.17) is 17.0 Å². The number of azo groups is 1. The van der Waals surface area contributed by atoms with Crippen LogP contribution in [-0.2, 0) is 26.3 Å². The van der Waals surface area contributed by atoms with Gasteiger partial charge in [0, 0.05) is 10.9 Å². The van der Waals surface area contributed by atoms with Crippen LogP contribution in [0.1, 0.15) is 26.3 Å². The molecule has 1 aromatic heterocycles. The third kappa shape index (κ3) is 5.60. The third-order valence-electron chi connectivity index (χ3n) is 3.67. The van der Waals surface area contributed by atoms with Gasteiger partial charge in [0.1, 0.15) is 11.4 Å². The topological polar surface area (TPSA) is 57.8 Å². The summed E-state index contributed by atoms with van der Waals surface area (Å²) in [6.45, 7) is 6.15. The first-order valence-corrected chi connectivity index (χ1v) is 14.3. The average Bonchev–Trinajstić information content (AvgIpc) is 2.60. The number of rotatable bonds is 2. The predicted octanol–water partition coefficient (Wildman–Crippen LogP) is 7.03. The van der Waals surface area contributed by atoms with Crippen LogP contribution in [0.25, 0.3) is 10.9 Å². The Labute approximate surface area is 172 Å². The molecule has 0 saturated heterocycles. The number of aromatic nitrogens is 1. The number of benzene rings is 2. The van der Waals surface area contributed by atoms with E-state index in [1.165, 1.54) is 0 Å². The molecule has 0 bridgehead atoms. The quantitative estimate of drug-likeness (QED) is 0.411. The van der Waals surface area contributed by atoms with Crippen molar-refractivity contribution in [2.75, 3.05) is 0 Å². The second-order valence-corrected chi connectivity index (χ2v) is 10.3. The van der Waals surface area contributed by atoms with Crippen molar-refractivity contribution < 1.29 is 26.0 Å². The summed E-state index contributed by atoms with van der Waals surface area (Å²) >= 11 is -0.826. The first-order valence-electron chi connectivity index (χ1n) is 7.93. The Morgan fingerprint density at radius 3 is 2.31 bits per heavy atom. The minimum absolute atomic E-state index is 0.156. The molecule has 0 radical (unpaired) electrons. The van der Waals surface area contributed by atoms with Crippen LogP contribution in [0.15, 0.2) is 64.8 Å². The van der Waals surface area contributed by atoms with E-state index in [9.17, 15) is 5.11 Å². The van der Waals surface area contributed by atoms with Crippen molar-refractivity contribution in [3.8, 4) is 5.75 Å². The van der Waals surface area contributed by atoms with Crippen molar-refractivity contribution in [2.45, 2.75) is 26.2 Å². The van der Waals surface area contributed by atoms with E-state index in [1.807, 2.05) is 69.3 Å². The van der Waals surface area contributed by atoms with Gasteiger partial charge in [-0.2, -0.15) is 0 Å². The molecule has 3 rings (SSSR count). The van der Waals surface area contributed by atoms with Crippen LogP contribution in [0, 0.1) is 0 Å². The van der Waals surface area contributed by atoms with Gasteiger partial charge in [-0.05, 0) is 29.7 Å². The fourth-order valence-electron chi connectivity index (χ4n) is 2.43. The fraction of sp³-hybridized carbons (Fsp3) is 0.211. The summed E-state index contributed by atoms with van der Waals surface area (Å²) in [7, 11) is 9.87. The maximum absolute atomic E-state index is 10.4. The molecule has 0 amide bonds. The number of nitrogens with zero attached hydrogens (tertiary/aromatic N) is 3. The van der Waals surface area contributed by atoms with Gasteiger partial charge in [-0.15, -0.1) is 10.2 Å². The molecule has 0 unspecified atom stereocenters. The van der Waals surface area contributed by atoms with Crippen molar-refractivity contribution in [3.63, 3.8) is 0 Å². The van der Waals surface area contributed by atoms with Gasteiger partial charge in [-0.1, -0.05) is 51.1 Å². The Balaban J connectivity index is 0.000000758. The molecule has 1 heterocycles. The zero-order valence-electron chi connectivity index (χ0n) is 14.7. The van der Waals surface area contributed by atoms with Crippen molar-refractivity contribution in [1.82, 2.24) is 4.98 Å². The van der Waals surface area contributed by atoms with Gasteiger partial charge in [-0.25, -0.2) is 4.98 Å². The van der Waals surface area contributed by atoms with E-state index in [0.29, 0.717) is 11.5 Å². The van der Waals surface area contributed by atoms with Gasteiger partial charge < -0.3 is 5.11 Å².